The van der Waals surface area contributed by atoms with E-state index in [4.69, 9.17) is 5.73 Å². The predicted octanol–water partition coefficient (Wildman–Crippen LogP) is 0.982. The summed E-state index contributed by atoms with van der Waals surface area (Å²) in [5, 5.41) is 0. The van der Waals surface area contributed by atoms with Gasteiger partial charge in [0.1, 0.15) is 0 Å². The van der Waals surface area contributed by atoms with Crippen molar-refractivity contribution in [1.82, 2.24) is 4.90 Å². The molecule has 0 radical (unpaired) electrons. The van der Waals surface area contributed by atoms with Crippen LogP contribution in [0.25, 0.3) is 0 Å². The van der Waals surface area contributed by atoms with Gasteiger partial charge in [-0.2, -0.15) is 0 Å². The van der Waals surface area contributed by atoms with Gasteiger partial charge >= 0.3 is 0 Å². The van der Waals surface area contributed by atoms with Gasteiger partial charge in [0.05, 0.1) is 0 Å². The van der Waals surface area contributed by atoms with Crippen LogP contribution in [0.5, 0.6) is 0 Å². The minimum atomic E-state index is 0.269. The molecule has 1 amide bonds. The second kappa shape index (κ2) is 4.61. The zero-order valence-electron chi connectivity index (χ0n) is 8.62. The summed E-state index contributed by atoms with van der Waals surface area (Å²) in [5.41, 5.74) is 5.96. The second-order valence-electron chi connectivity index (χ2n) is 3.81. The Balaban J connectivity index is 2.49. The number of hydrogen-bond acceptors (Lipinski definition) is 2. The molecule has 0 aromatic carbocycles. The molecule has 1 aliphatic rings. The van der Waals surface area contributed by atoms with Crippen LogP contribution in [0.3, 0.4) is 0 Å². The standard InChI is InChI=1S/C10H20N2O/c1-3-8-7-12(10(13)4-2)6-5-9(8)11/h8-9H,3-7,11H2,1-2H3/t8-,9+/m0/s1. The van der Waals surface area contributed by atoms with Crippen molar-refractivity contribution in [3.8, 4) is 0 Å². The van der Waals surface area contributed by atoms with Crippen LogP contribution in [0.4, 0.5) is 0 Å². The van der Waals surface area contributed by atoms with Gasteiger partial charge in [0.25, 0.3) is 0 Å². The van der Waals surface area contributed by atoms with Crippen molar-refractivity contribution in [2.45, 2.75) is 39.2 Å². The SMILES string of the molecule is CCC(=O)N1CC[C@@H](N)[C@@H](CC)C1. The fourth-order valence-electron chi connectivity index (χ4n) is 1.93. The summed E-state index contributed by atoms with van der Waals surface area (Å²) < 4.78 is 0. The summed E-state index contributed by atoms with van der Waals surface area (Å²) >= 11 is 0. The van der Waals surface area contributed by atoms with E-state index in [-0.39, 0.29) is 5.91 Å². The molecule has 1 saturated heterocycles. The third-order valence-electron chi connectivity index (χ3n) is 2.97. The van der Waals surface area contributed by atoms with E-state index in [1.165, 1.54) is 0 Å². The second-order valence-corrected chi connectivity index (χ2v) is 3.81. The number of carbonyl (C=O) groups is 1. The number of carbonyl (C=O) groups excluding carboxylic acids is 1. The molecule has 13 heavy (non-hydrogen) atoms. The minimum absolute atomic E-state index is 0.269. The van der Waals surface area contributed by atoms with E-state index in [0.29, 0.717) is 18.4 Å². The zero-order valence-corrected chi connectivity index (χ0v) is 8.62. The first-order valence-corrected chi connectivity index (χ1v) is 5.22. The maximum atomic E-state index is 11.4. The van der Waals surface area contributed by atoms with E-state index < -0.39 is 0 Å². The molecule has 0 unspecified atom stereocenters. The molecule has 2 N–H and O–H groups in total. The Morgan fingerprint density at radius 2 is 2.23 bits per heavy atom. The van der Waals surface area contributed by atoms with E-state index in [9.17, 15) is 4.79 Å². The largest absolute Gasteiger partial charge is 0.342 e. The molecule has 0 saturated carbocycles. The third kappa shape index (κ3) is 2.44. The van der Waals surface area contributed by atoms with Gasteiger partial charge in [-0.05, 0) is 12.3 Å². The van der Waals surface area contributed by atoms with Crippen LogP contribution in [0, 0.1) is 5.92 Å². The molecule has 0 bridgehead atoms. The van der Waals surface area contributed by atoms with E-state index in [0.717, 1.165) is 25.9 Å². The normalized spacial score (nSPS) is 29.0. The van der Waals surface area contributed by atoms with Crippen molar-refractivity contribution < 1.29 is 4.79 Å². The zero-order chi connectivity index (χ0) is 9.84. The fourth-order valence-corrected chi connectivity index (χ4v) is 1.93. The highest BCUT2D eigenvalue weighted by Gasteiger charge is 2.26. The number of piperidine rings is 1. The molecule has 1 fully saturated rings. The predicted molar refractivity (Wildman–Crippen MR) is 53.2 cm³/mol. The summed E-state index contributed by atoms with van der Waals surface area (Å²) in [6.45, 7) is 5.77. The van der Waals surface area contributed by atoms with Crippen LogP contribution < -0.4 is 5.73 Å². The molecule has 76 valence electrons. The monoisotopic (exact) mass is 184 g/mol. The number of amides is 1. The summed E-state index contributed by atoms with van der Waals surface area (Å²) in [6.07, 6.45) is 2.66. The van der Waals surface area contributed by atoms with Crippen LogP contribution in [0.2, 0.25) is 0 Å². The maximum Gasteiger partial charge on any atom is 0.222 e. The molecule has 2 atom stereocenters. The highest BCUT2D eigenvalue weighted by Crippen LogP contribution is 2.18. The molecular formula is C10H20N2O. The van der Waals surface area contributed by atoms with Gasteiger partial charge in [0.15, 0.2) is 0 Å². The molecule has 1 rings (SSSR count). The van der Waals surface area contributed by atoms with Crippen molar-refractivity contribution in [3.63, 3.8) is 0 Å². The topological polar surface area (TPSA) is 46.3 Å². The molecule has 1 heterocycles. The Bertz CT molecular complexity index is 182. The van der Waals surface area contributed by atoms with Gasteiger partial charge in [-0.15, -0.1) is 0 Å². The summed E-state index contributed by atoms with van der Waals surface area (Å²) in [7, 11) is 0. The first-order valence-electron chi connectivity index (χ1n) is 5.22. The lowest BCUT2D eigenvalue weighted by Crippen LogP contribution is -2.48. The lowest BCUT2D eigenvalue weighted by molar-refractivity contribution is -0.132. The van der Waals surface area contributed by atoms with E-state index in [1.807, 2.05) is 11.8 Å². The molecule has 3 heteroatoms. The molecule has 0 aromatic heterocycles. The highest BCUT2D eigenvalue weighted by atomic mass is 16.2. The number of hydrogen-bond donors (Lipinski definition) is 1. The Labute approximate surface area is 80.3 Å². The van der Waals surface area contributed by atoms with Crippen molar-refractivity contribution in [2.75, 3.05) is 13.1 Å². The summed E-state index contributed by atoms with van der Waals surface area (Å²) in [5.74, 6) is 0.773. The van der Waals surface area contributed by atoms with E-state index >= 15 is 0 Å². The van der Waals surface area contributed by atoms with Gasteiger partial charge in [-0.3, -0.25) is 4.79 Å². The lowest BCUT2D eigenvalue weighted by atomic mass is 9.90. The summed E-state index contributed by atoms with van der Waals surface area (Å²) in [6, 6.07) is 0.297. The maximum absolute atomic E-state index is 11.4. The average molecular weight is 184 g/mol. The van der Waals surface area contributed by atoms with Gasteiger partial charge in [0.2, 0.25) is 5.91 Å². The number of rotatable bonds is 2. The fraction of sp³-hybridized carbons (Fsp3) is 0.900. The first kappa shape index (κ1) is 10.5. The van der Waals surface area contributed by atoms with Crippen LogP contribution in [-0.4, -0.2) is 29.9 Å². The van der Waals surface area contributed by atoms with Crippen LogP contribution in [0.1, 0.15) is 33.1 Å². The highest BCUT2D eigenvalue weighted by molar-refractivity contribution is 5.75. The molecule has 3 nitrogen and oxygen atoms in total. The molecule has 0 spiro atoms. The van der Waals surface area contributed by atoms with Crippen molar-refractivity contribution >= 4 is 5.91 Å². The number of likely N-dealkylation sites (tertiary alicyclic amines) is 1. The van der Waals surface area contributed by atoms with E-state index in [2.05, 4.69) is 6.92 Å². The first-order chi connectivity index (χ1) is 6.19. The average Bonchev–Trinajstić information content (AvgIpc) is 2.17. The third-order valence-corrected chi connectivity index (χ3v) is 2.97. The molecule has 1 aliphatic heterocycles. The van der Waals surface area contributed by atoms with Crippen LogP contribution in [-0.2, 0) is 4.79 Å². The molecule has 0 aliphatic carbocycles. The van der Waals surface area contributed by atoms with Crippen LogP contribution in [0.15, 0.2) is 0 Å². The van der Waals surface area contributed by atoms with Crippen molar-refractivity contribution in [1.29, 1.82) is 0 Å². The van der Waals surface area contributed by atoms with E-state index in [1.54, 1.807) is 0 Å². The van der Waals surface area contributed by atoms with Crippen molar-refractivity contribution in [2.24, 2.45) is 11.7 Å². The summed E-state index contributed by atoms with van der Waals surface area (Å²) in [4.78, 5) is 13.4. The number of nitrogens with two attached hydrogens (primary N) is 1. The Kier molecular flexibility index (Phi) is 3.72. The van der Waals surface area contributed by atoms with Gasteiger partial charge in [-0.1, -0.05) is 20.3 Å². The van der Waals surface area contributed by atoms with Crippen LogP contribution >= 0.6 is 0 Å². The Morgan fingerprint density at radius 1 is 1.54 bits per heavy atom. The quantitative estimate of drug-likeness (QED) is 0.695. The number of nitrogens with zero attached hydrogens (tertiary/aromatic N) is 1. The molecule has 0 aromatic rings. The lowest BCUT2D eigenvalue weighted by Gasteiger charge is -2.36. The smallest absolute Gasteiger partial charge is 0.222 e. The van der Waals surface area contributed by atoms with Gasteiger partial charge < -0.3 is 10.6 Å². The van der Waals surface area contributed by atoms with Crippen molar-refractivity contribution in [3.05, 3.63) is 0 Å². The Morgan fingerprint density at radius 3 is 2.77 bits per heavy atom. The van der Waals surface area contributed by atoms with Gasteiger partial charge in [-0.25, -0.2) is 0 Å². The molecular weight excluding hydrogens is 164 g/mol. The van der Waals surface area contributed by atoms with Gasteiger partial charge in [0, 0.05) is 25.6 Å². The Hall–Kier alpha value is -0.570. The minimum Gasteiger partial charge on any atom is -0.342 e.